The minimum absolute atomic E-state index is 0.0621. The van der Waals surface area contributed by atoms with Gasteiger partial charge in [0, 0.05) is 31.7 Å². The number of hydrogen-bond donors (Lipinski definition) is 0. The van der Waals surface area contributed by atoms with Gasteiger partial charge in [0.1, 0.15) is 11.4 Å². The average Bonchev–Trinajstić information content (AvgIpc) is 3.06. The summed E-state index contributed by atoms with van der Waals surface area (Å²) in [5, 5.41) is 8.32. The molecule has 1 amide bonds. The van der Waals surface area contributed by atoms with Crippen LogP contribution >= 0.6 is 11.6 Å². The highest BCUT2D eigenvalue weighted by Crippen LogP contribution is 2.19. The van der Waals surface area contributed by atoms with Gasteiger partial charge >= 0.3 is 0 Å². The molecule has 1 fully saturated rings. The second-order valence-electron chi connectivity index (χ2n) is 7.43. The molecule has 1 aliphatic heterocycles. The van der Waals surface area contributed by atoms with Gasteiger partial charge in [0.25, 0.3) is 0 Å². The predicted molar refractivity (Wildman–Crippen MR) is 105 cm³/mol. The number of rotatable bonds is 7. The first-order valence-electron chi connectivity index (χ1n) is 9.50. The molecule has 2 heterocycles. The fourth-order valence-electron chi connectivity index (χ4n) is 3.62. The Morgan fingerprint density at radius 2 is 2.11 bits per heavy atom. The van der Waals surface area contributed by atoms with Gasteiger partial charge in [-0.15, -0.1) is 0 Å². The molecule has 7 heteroatoms. The van der Waals surface area contributed by atoms with E-state index in [-0.39, 0.29) is 12.3 Å². The van der Waals surface area contributed by atoms with Crippen molar-refractivity contribution in [2.45, 2.75) is 32.6 Å². The molecule has 1 aromatic heterocycles. The molecule has 2 aromatic rings. The third-order valence-corrected chi connectivity index (χ3v) is 5.51. The summed E-state index contributed by atoms with van der Waals surface area (Å²) >= 11 is 5.95. The van der Waals surface area contributed by atoms with Crippen LogP contribution in [0.25, 0.3) is 0 Å². The summed E-state index contributed by atoms with van der Waals surface area (Å²) < 4.78 is 4.68. The third-order valence-electron chi connectivity index (χ3n) is 5.26. The monoisotopic (exact) mass is 390 g/mol. The van der Waals surface area contributed by atoms with Gasteiger partial charge < -0.3 is 9.80 Å². The first kappa shape index (κ1) is 19.8. The molecule has 0 bridgehead atoms. The smallest absolute Gasteiger partial charge is 0.228 e. The van der Waals surface area contributed by atoms with Crippen molar-refractivity contribution in [2.24, 2.45) is 5.92 Å². The standard InChI is InChI=1S/C20H27ClN4O2/c1-15-19(23-27-22-15)12-20(26)24(2)13-17-4-3-10-25(14-17)11-9-16-5-7-18(21)8-6-16/h5-8,17H,3-4,9-14H2,1-2H3/t17-/m1/s1. The topological polar surface area (TPSA) is 62.5 Å². The maximum Gasteiger partial charge on any atom is 0.228 e. The number of aromatic nitrogens is 2. The maximum atomic E-state index is 12.4. The van der Waals surface area contributed by atoms with E-state index in [1.54, 1.807) is 6.92 Å². The number of carbonyl (C=O) groups is 1. The molecule has 1 saturated heterocycles. The van der Waals surface area contributed by atoms with Gasteiger partial charge in [-0.05, 0) is 56.3 Å². The van der Waals surface area contributed by atoms with Gasteiger partial charge in [-0.1, -0.05) is 34.0 Å². The van der Waals surface area contributed by atoms with Crippen LogP contribution in [0.15, 0.2) is 28.9 Å². The molecule has 1 atom stereocenters. The second kappa shape index (κ2) is 9.33. The highest BCUT2D eigenvalue weighted by molar-refractivity contribution is 6.30. The second-order valence-corrected chi connectivity index (χ2v) is 7.87. The molecule has 0 unspecified atom stereocenters. The van der Waals surface area contributed by atoms with Crippen LogP contribution in [0.2, 0.25) is 5.02 Å². The Bertz CT molecular complexity index is 747. The van der Waals surface area contributed by atoms with Gasteiger partial charge in [0.15, 0.2) is 0 Å². The van der Waals surface area contributed by atoms with Crippen molar-refractivity contribution in [1.82, 2.24) is 20.1 Å². The molecule has 1 aliphatic rings. The normalized spacial score (nSPS) is 17.8. The zero-order valence-electron chi connectivity index (χ0n) is 16.0. The summed E-state index contributed by atoms with van der Waals surface area (Å²) in [5.41, 5.74) is 2.62. The Labute approximate surface area is 165 Å². The summed E-state index contributed by atoms with van der Waals surface area (Å²) in [7, 11) is 1.87. The zero-order valence-corrected chi connectivity index (χ0v) is 16.8. The number of carbonyl (C=O) groups excluding carboxylic acids is 1. The van der Waals surface area contributed by atoms with Crippen LogP contribution < -0.4 is 0 Å². The average molecular weight is 391 g/mol. The van der Waals surface area contributed by atoms with Crippen molar-refractivity contribution >= 4 is 17.5 Å². The van der Waals surface area contributed by atoms with E-state index < -0.39 is 0 Å². The fraction of sp³-hybridized carbons (Fsp3) is 0.550. The van der Waals surface area contributed by atoms with E-state index in [0.29, 0.717) is 17.3 Å². The summed E-state index contributed by atoms with van der Waals surface area (Å²) in [5.74, 6) is 0.571. The minimum atomic E-state index is 0.0621. The number of likely N-dealkylation sites (N-methyl/N-ethyl adjacent to an activating group) is 1. The Hall–Kier alpha value is -1.92. The Morgan fingerprint density at radius 3 is 2.81 bits per heavy atom. The molecule has 6 nitrogen and oxygen atoms in total. The number of likely N-dealkylation sites (tertiary alicyclic amines) is 1. The first-order valence-corrected chi connectivity index (χ1v) is 9.88. The fourth-order valence-corrected chi connectivity index (χ4v) is 3.74. The van der Waals surface area contributed by atoms with E-state index in [2.05, 4.69) is 32.0 Å². The Morgan fingerprint density at radius 1 is 1.33 bits per heavy atom. The van der Waals surface area contributed by atoms with Crippen LogP contribution in [0.3, 0.4) is 0 Å². The lowest BCUT2D eigenvalue weighted by Gasteiger charge is -2.34. The number of halogens is 1. The molecular weight excluding hydrogens is 364 g/mol. The van der Waals surface area contributed by atoms with E-state index >= 15 is 0 Å². The van der Waals surface area contributed by atoms with Crippen LogP contribution in [0, 0.1) is 12.8 Å². The maximum absolute atomic E-state index is 12.4. The minimum Gasteiger partial charge on any atom is -0.345 e. The molecule has 0 saturated carbocycles. The summed E-state index contributed by atoms with van der Waals surface area (Å²) in [6.45, 7) is 5.79. The number of hydrogen-bond acceptors (Lipinski definition) is 5. The molecule has 146 valence electrons. The lowest BCUT2D eigenvalue weighted by Crippen LogP contribution is -2.42. The zero-order chi connectivity index (χ0) is 19.2. The van der Waals surface area contributed by atoms with Gasteiger partial charge in [-0.25, -0.2) is 4.63 Å². The number of piperidine rings is 1. The summed E-state index contributed by atoms with van der Waals surface area (Å²) in [6, 6.07) is 8.08. The lowest BCUT2D eigenvalue weighted by molar-refractivity contribution is -0.130. The van der Waals surface area contributed by atoms with E-state index in [4.69, 9.17) is 11.6 Å². The van der Waals surface area contributed by atoms with Crippen molar-refractivity contribution in [2.75, 3.05) is 33.2 Å². The number of benzene rings is 1. The SMILES string of the molecule is Cc1nonc1CC(=O)N(C)C[C@H]1CCCN(CCc2ccc(Cl)cc2)C1. The molecule has 0 aliphatic carbocycles. The van der Waals surface area contributed by atoms with Crippen LogP contribution in [0.4, 0.5) is 0 Å². The van der Waals surface area contributed by atoms with Gasteiger partial charge in [-0.3, -0.25) is 4.79 Å². The number of amides is 1. The molecule has 1 aromatic carbocycles. The molecule has 0 N–H and O–H groups in total. The van der Waals surface area contributed by atoms with Crippen molar-refractivity contribution in [3.05, 3.63) is 46.2 Å². The van der Waals surface area contributed by atoms with E-state index in [0.717, 1.165) is 37.6 Å². The first-order chi connectivity index (χ1) is 13.0. The molecule has 27 heavy (non-hydrogen) atoms. The third kappa shape index (κ3) is 5.78. The van der Waals surface area contributed by atoms with E-state index in [1.165, 1.54) is 18.4 Å². The van der Waals surface area contributed by atoms with Crippen LogP contribution in [0.5, 0.6) is 0 Å². The van der Waals surface area contributed by atoms with E-state index in [9.17, 15) is 4.79 Å². The van der Waals surface area contributed by atoms with Crippen molar-refractivity contribution in [3.8, 4) is 0 Å². The summed E-state index contributed by atoms with van der Waals surface area (Å²) in [4.78, 5) is 16.8. The largest absolute Gasteiger partial charge is 0.345 e. The van der Waals surface area contributed by atoms with Crippen molar-refractivity contribution < 1.29 is 9.42 Å². The van der Waals surface area contributed by atoms with Crippen molar-refractivity contribution in [3.63, 3.8) is 0 Å². The van der Waals surface area contributed by atoms with E-state index in [1.807, 2.05) is 24.1 Å². The molecule has 0 spiro atoms. The molecule has 3 rings (SSSR count). The quantitative estimate of drug-likeness (QED) is 0.727. The molecule has 0 radical (unpaired) electrons. The highest BCUT2D eigenvalue weighted by atomic mass is 35.5. The number of nitrogens with zero attached hydrogens (tertiary/aromatic N) is 4. The van der Waals surface area contributed by atoms with Crippen LogP contribution in [-0.4, -0.2) is 59.2 Å². The van der Waals surface area contributed by atoms with Crippen LogP contribution in [-0.2, 0) is 17.6 Å². The van der Waals surface area contributed by atoms with Gasteiger partial charge in [-0.2, -0.15) is 0 Å². The van der Waals surface area contributed by atoms with Gasteiger partial charge in [0.2, 0.25) is 5.91 Å². The van der Waals surface area contributed by atoms with Gasteiger partial charge in [0.05, 0.1) is 6.42 Å². The summed E-state index contributed by atoms with van der Waals surface area (Å²) in [6.07, 6.45) is 3.62. The highest BCUT2D eigenvalue weighted by Gasteiger charge is 2.23. The Kier molecular flexibility index (Phi) is 6.85. The number of aryl methyl sites for hydroxylation is 1. The molecular formula is C20H27ClN4O2. The van der Waals surface area contributed by atoms with Crippen LogP contribution in [0.1, 0.15) is 29.8 Å². The predicted octanol–water partition coefficient (Wildman–Crippen LogP) is 2.99. The Balaban J connectivity index is 1.45. The van der Waals surface area contributed by atoms with Crippen molar-refractivity contribution in [1.29, 1.82) is 0 Å². The lowest BCUT2D eigenvalue weighted by atomic mass is 9.97.